The molecule has 0 spiro atoms. The highest BCUT2D eigenvalue weighted by Gasteiger charge is 2.23. The summed E-state index contributed by atoms with van der Waals surface area (Å²) < 4.78 is 0. The van der Waals surface area contributed by atoms with Crippen LogP contribution in [0.2, 0.25) is 0 Å². The lowest BCUT2D eigenvalue weighted by Gasteiger charge is -2.22. The van der Waals surface area contributed by atoms with Gasteiger partial charge in [0, 0.05) is 5.56 Å². The van der Waals surface area contributed by atoms with E-state index in [2.05, 4.69) is 32.9 Å². The zero-order valence-electron chi connectivity index (χ0n) is 12.3. The second-order valence-corrected chi connectivity index (χ2v) is 6.45. The molecule has 1 aliphatic carbocycles. The quantitative estimate of drug-likeness (QED) is 0.676. The van der Waals surface area contributed by atoms with Crippen molar-refractivity contribution in [3.05, 3.63) is 47.0 Å². The molecule has 0 heterocycles. The standard InChI is InChI=1S/C18H24O/c1-18(2,3)16-13-9-8-12-15(16)17(19)14-10-6-4-5-7-11-14/h8-10,12-13H,4-7,11H2,1-3H3. The van der Waals surface area contributed by atoms with E-state index in [4.69, 9.17) is 0 Å². The highest BCUT2D eigenvalue weighted by atomic mass is 16.1. The van der Waals surface area contributed by atoms with Crippen LogP contribution < -0.4 is 0 Å². The lowest BCUT2D eigenvalue weighted by Crippen LogP contribution is -2.17. The second-order valence-electron chi connectivity index (χ2n) is 6.45. The fraction of sp³-hybridized carbons (Fsp3) is 0.500. The largest absolute Gasteiger partial charge is 0.289 e. The molecule has 19 heavy (non-hydrogen) atoms. The van der Waals surface area contributed by atoms with E-state index >= 15 is 0 Å². The maximum absolute atomic E-state index is 12.8. The normalized spacial score (nSPS) is 16.7. The summed E-state index contributed by atoms with van der Waals surface area (Å²) in [5.41, 5.74) is 3.08. The van der Waals surface area contributed by atoms with Crippen LogP contribution in [0.5, 0.6) is 0 Å². The monoisotopic (exact) mass is 256 g/mol. The van der Waals surface area contributed by atoms with Gasteiger partial charge in [0.05, 0.1) is 0 Å². The number of benzene rings is 1. The van der Waals surface area contributed by atoms with Crippen molar-refractivity contribution in [1.82, 2.24) is 0 Å². The number of carbonyl (C=O) groups excluding carboxylic acids is 1. The first-order valence-electron chi connectivity index (χ1n) is 7.33. The van der Waals surface area contributed by atoms with Crippen LogP contribution in [0, 0.1) is 0 Å². The van der Waals surface area contributed by atoms with E-state index < -0.39 is 0 Å². The van der Waals surface area contributed by atoms with Gasteiger partial charge in [0.25, 0.3) is 0 Å². The average molecular weight is 256 g/mol. The summed E-state index contributed by atoms with van der Waals surface area (Å²) in [5.74, 6) is 0.243. The molecule has 0 aliphatic heterocycles. The molecular weight excluding hydrogens is 232 g/mol. The van der Waals surface area contributed by atoms with Crippen LogP contribution in [-0.2, 0) is 5.41 Å². The van der Waals surface area contributed by atoms with Crippen LogP contribution in [0.1, 0.15) is 68.8 Å². The van der Waals surface area contributed by atoms with Crippen molar-refractivity contribution in [3.8, 4) is 0 Å². The molecular formula is C18H24O. The number of carbonyl (C=O) groups is 1. The summed E-state index contributed by atoms with van der Waals surface area (Å²) in [6.07, 6.45) is 7.77. The molecule has 0 aromatic heterocycles. The summed E-state index contributed by atoms with van der Waals surface area (Å²) in [4.78, 5) is 12.8. The van der Waals surface area contributed by atoms with Crippen molar-refractivity contribution in [2.24, 2.45) is 0 Å². The SMILES string of the molecule is CC(C)(C)c1ccccc1C(=O)C1=CCCCCC1. The minimum atomic E-state index is 0.0115. The molecule has 0 bridgehead atoms. The Morgan fingerprint density at radius 1 is 1.05 bits per heavy atom. The van der Waals surface area contributed by atoms with Crippen LogP contribution in [-0.4, -0.2) is 5.78 Å². The van der Waals surface area contributed by atoms with Gasteiger partial charge in [-0.05, 0) is 42.2 Å². The fourth-order valence-corrected chi connectivity index (χ4v) is 2.73. The molecule has 0 radical (unpaired) electrons. The highest BCUT2D eigenvalue weighted by Crippen LogP contribution is 2.29. The first kappa shape index (κ1) is 14.0. The first-order chi connectivity index (χ1) is 9.00. The second kappa shape index (κ2) is 5.73. The Balaban J connectivity index is 2.36. The number of allylic oxidation sites excluding steroid dienone is 2. The molecule has 0 unspecified atom stereocenters. The van der Waals surface area contributed by atoms with E-state index in [0.29, 0.717) is 0 Å². The van der Waals surface area contributed by atoms with Gasteiger partial charge in [-0.1, -0.05) is 57.5 Å². The number of ketones is 1. The smallest absolute Gasteiger partial charge is 0.188 e. The van der Waals surface area contributed by atoms with E-state index in [0.717, 1.165) is 36.0 Å². The van der Waals surface area contributed by atoms with Gasteiger partial charge >= 0.3 is 0 Å². The van der Waals surface area contributed by atoms with Crippen LogP contribution in [0.15, 0.2) is 35.9 Å². The van der Waals surface area contributed by atoms with Gasteiger partial charge in [-0.3, -0.25) is 4.79 Å². The third kappa shape index (κ3) is 3.34. The van der Waals surface area contributed by atoms with E-state index in [1.165, 1.54) is 12.8 Å². The molecule has 0 fully saturated rings. The molecule has 102 valence electrons. The summed E-state index contributed by atoms with van der Waals surface area (Å²) in [6.45, 7) is 6.50. The van der Waals surface area contributed by atoms with Crippen molar-refractivity contribution in [2.45, 2.75) is 58.3 Å². The van der Waals surface area contributed by atoms with Crippen LogP contribution >= 0.6 is 0 Å². The maximum Gasteiger partial charge on any atom is 0.188 e. The summed E-state index contributed by atoms with van der Waals surface area (Å²) in [5, 5.41) is 0. The van der Waals surface area contributed by atoms with E-state index in [1.54, 1.807) is 0 Å². The maximum atomic E-state index is 12.8. The Kier molecular flexibility index (Phi) is 4.24. The lowest BCUT2D eigenvalue weighted by molar-refractivity contribution is 0.102. The molecule has 2 rings (SSSR count). The van der Waals surface area contributed by atoms with Gasteiger partial charge in [-0.2, -0.15) is 0 Å². The van der Waals surface area contributed by atoms with Crippen LogP contribution in [0.4, 0.5) is 0 Å². The molecule has 0 saturated carbocycles. The molecule has 1 aliphatic rings. The van der Waals surface area contributed by atoms with Gasteiger partial charge in [0.1, 0.15) is 0 Å². The number of hydrogen-bond donors (Lipinski definition) is 0. The van der Waals surface area contributed by atoms with Crippen LogP contribution in [0.25, 0.3) is 0 Å². The Bertz CT molecular complexity index is 489. The van der Waals surface area contributed by atoms with E-state index in [9.17, 15) is 4.79 Å². The summed E-state index contributed by atoms with van der Waals surface area (Å²) >= 11 is 0. The Hall–Kier alpha value is -1.37. The number of rotatable bonds is 2. The molecule has 0 amide bonds. The zero-order valence-corrected chi connectivity index (χ0v) is 12.3. The molecule has 1 heteroatoms. The first-order valence-corrected chi connectivity index (χ1v) is 7.33. The van der Waals surface area contributed by atoms with Crippen molar-refractivity contribution in [1.29, 1.82) is 0 Å². The predicted molar refractivity (Wildman–Crippen MR) is 80.6 cm³/mol. The van der Waals surface area contributed by atoms with E-state index in [1.807, 2.05) is 18.2 Å². The molecule has 0 atom stereocenters. The van der Waals surface area contributed by atoms with Crippen molar-refractivity contribution in [2.75, 3.05) is 0 Å². The fourth-order valence-electron chi connectivity index (χ4n) is 2.73. The third-order valence-corrected chi connectivity index (χ3v) is 3.81. The molecule has 0 saturated heterocycles. The topological polar surface area (TPSA) is 17.1 Å². The van der Waals surface area contributed by atoms with Crippen molar-refractivity contribution in [3.63, 3.8) is 0 Å². The molecule has 1 aromatic carbocycles. The van der Waals surface area contributed by atoms with Gasteiger partial charge in [0.15, 0.2) is 5.78 Å². The number of Topliss-reactive ketones (excluding diaryl/α,β-unsaturated/α-hetero) is 1. The van der Waals surface area contributed by atoms with Crippen molar-refractivity contribution < 1.29 is 4.79 Å². The van der Waals surface area contributed by atoms with Crippen LogP contribution in [0.3, 0.4) is 0 Å². The number of hydrogen-bond acceptors (Lipinski definition) is 1. The Labute approximate surface area is 116 Å². The zero-order chi connectivity index (χ0) is 13.9. The summed E-state index contributed by atoms with van der Waals surface area (Å²) in [6, 6.07) is 8.07. The molecule has 1 nitrogen and oxygen atoms in total. The minimum absolute atomic E-state index is 0.0115. The van der Waals surface area contributed by atoms with Gasteiger partial charge < -0.3 is 0 Å². The van der Waals surface area contributed by atoms with Gasteiger partial charge in [0.2, 0.25) is 0 Å². The predicted octanol–water partition coefficient (Wildman–Crippen LogP) is 5.06. The summed E-state index contributed by atoms with van der Waals surface area (Å²) in [7, 11) is 0. The Morgan fingerprint density at radius 2 is 1.79 bits per heavy atom. The van der Waals surface area contributed by atoms with Gasteiger partial charge in [-0.25, -0.2) is 0 Å². The molecule has 0 N–H and O–H groups in total. The minimum Gasteiger partial charge on any atom is -0.289 e. The molecule has 1 aromatic rings. The van der Waals surface area contributed by atoms with Crippen molar-refractivity contribution >= 4 is 5.78 Å². The lowest BCUT2D eigenvalue weighted by atomic mass is 9.81. The highest BCUT2D eigenvalue weighted by molar-refractivity contribution is 6.09. The third-order valence-electron chi connectivity index (χ3n) is 3.81. The van der Waals surface area contributed by atoms with E-state index in [-0.39, 0.29) is 11.2 Å². The Morgan fingerprint density at radius 3 is 2.53 bits per heavy atom. The average Bonchev–Trinajstić information content (AvgIpc) is 2.66. The van der Waals surface area contributed by atoms with Gasteiger partial charge in [-0.15, -0.1) is 0 Å².